The normalized spacial score (nSPS) is 16.6. The standard InChI is InChI=1S/C27H29BrFN5O4/c1-15-9-17(34-7-8-38-18(12-29)14-34)11-21-25(15)33-26(32-21)24-20(5-6-30-27(24)36)31-13-22(35)16-3-4-23(37-2)19(28)10-16/h3-6,9-11,18,22,35H,7-8,12-14H2,1-2H3,(H,32,33)(H2,30,31,36)/t18-,22-/m0/s1. The minimum absolute atomic E-state index is 0.172. The predicted octanol–water partition coefficient (Wildman–Crippen LogP) is 4.32. The second kappa shape index (κ2) is 11.1. The average molecular weight is 586 g/mol. The summed E-state index contributed by atoms with van der Waals surface area (Å²) in [6.45, 7) is 3.22. The van der Waals surface area contributed by atoms with Crippen LogP contribution in [0.5, 0.6) is 5.75 Å². The van der Waals surface area contributed by atoms with E-state index in [-0.39, 0.29) is 12.1 Å². The Balaban J connectivity index is 1.42. The van der Waals surface area contributed by atoms with Gasteiger partial charge in [0, 0.05) is 31.5 Å². The second-order valence-corrected chi connectivity index (χ2v) is 10.1. The van der Waals surface area contributed by atoms with Gasteiger partial charge in [0.2, 0.25) is 0 Å². The molecular formula is C27H29BrFN5O4. The number of rotatable bonds is 8. The van der Waals surface area contributed by atoms with E-state index in [2.05, 4.69) is 36.1 Å². The Morgan fingerprint density at radius 3 is 2.95 bits per heavy atom. The summed E-state index contributed by atoms with van der Waals surface area (Å²) in [5, 5.41) is 14.0. The van der Waals surface area contributed by atoms with E-state index in [0.717, 1.165) is 26.8 Å². The van der Waals surface area contributed by atoms with Crippen LogP contribution in [0.4, 0.5) is 15.8 Å². The number of ether oxygens (including phenoxy) is 2. The molecule has 4 aromatic rings. The Kier molecular flexibility index (Phi) is 7.68. The number of alkyl halides is 1. The minimum atomic E-state index is -0.827. The zero-order chi connectivity index (χ0) is 26.8. The zero-order valence-electron chi connectivity index (χ0n) is 21.1. The Bertz CT molecular complexity index is 1510. The molecule has 0 amide bonds. The molecule has 200 valence electrons. The fourth-order valence-electron chi connectivity index (χ4n) is 4.70. The summed E-state index contributed by atoms with van der Waals surface area (Å²) in [6.07, 6.45) is 0.283. The molecule has 38 heavy (non-hydrogen) atoms. The van der Waals surface area contributed by atoms with Crippen molar-refractivity contribution < 1.29 is 19.0 Å². The summed E-state index contributed by atoms with van der Waals surface area (Å²) >= 11 is 3.44. The van der Waals surface area contributed by atoms with Crippen LogP contribution in [-0.2, 0) is 4.74 Å². The molecule has 4 N–H and O–H groups in total. The van der Waals surface area contributed by atoms with E-state index in [4.69, 9.17) is 14.5 Å². The minimum Gasteiger partial charge on any atom is -0.496 e. The summed E-state index contributed by atoms with van der Waals surface area (Å²) in [4.78, 5) is 25.8. The van der Waals surface area contributed by atoms with Crippen LogP contribution in [-0.4, -0.2) is 66.2 Å². The topological polar surface area (TPSA) is 116 Å². The van der Waals surface area contributed by atoms with Gasteiger partial charge in [-0.1, -0.05) is 6.07 Å². The number of aliphatic hydroxyl groups excluding tert-OH is 1. The summed E-state index contributed by atoms with van der Waals surface area (Å²) < 4.78 is 24.7. The van der Waals surface area contributed by atoms with Crippen LogP contribution in [0.25, 0.3) is 22.4 Å². The van der Waals surface area contributed by atoms with Crippen molar-refractivity contribution in [1.82, 2.24) is 15.0 Å². The lowest BCUT2D eigenvalue weighted by Gasteiger charge is -2.33. The van der Waals surface area contributed by atoms with Crippen LogP contribution in [0, 0.1) is 6.92 Å². The molecule has 5 rings (SSSR count). The van der Waals surface area contributed by atoms with Gasteiger partial charge in [-0.2, -0.15) is 0 Å². The van der Waals surface area contributed by atoms with Gasteiger partial charge in [0.25, 0.3) is 5.56 Å². The number of aliphatic hydroxyl groups is 1. The van der Waals surface area contributed by atoms with Crippen LogP contribution < -0.4 is 20.5 Å². The summed E-state index contributed by atoms with van der Waals surface area (Å²) in [7, 11) is 1.58. The number of halogens is 2. The molecule has 2 aromatic carbocycles. The first-order valence-corrected chi connectivity index (χ1v) is 13.1. The number of nitrogens with zero attached hydrogens (tertiary/aromatic N) is 2. The maximum atomic E-state index is 13.2. The van der Waals surface area contributed by atoms with E-state index in [9.17, 15) is 14.3 Å². The molecule has 0 radical (unpaired) electrons. The van der Waals surface area contributed by atoms with Gasteiger partial charge in [-0.3, -0.25) is 4.79 Å². The molecule has 0 aliphatic carbocycles. The van der Waals surface area contributed by atoms with Crippen molar-refractivity contribution in [2.75, 3.05) is 50.2 Å². The van der Waals surface area contributed by atoms with Gasteiger partial charge in [-0.15, -0.1) is 0 Å². The van der Waals surface area contributed by atoms with Crippen molar-refractivity contribution in [2.45, 2.75) is 19.1 Å². The third-order valence-electron chi connectivity index (χ3n) is 6.68. The van der Waals surface area contributed by atoms with Crippen LogP contribution in [0.1, 0.15) is 17.2 Å². The van der Waals surface area contributed by atoms with Gasteiger partial charge in [0.1, 0.15) is 29.9 Å². The van der Waals surface area contributed by atoms with Crippen molar-refractivity contribution in [3.63, 3.8) is 0 Å². The third-order valence-corrected chi connectivity index (χ3v) is 7.30. The fourth-order valence-corrected chi connectivity index (χ4v) is 5.25. The Morgan fingerprint density at radius 2 is 2.18 bits per heavy atom. The zero-order valence-corrected chi connectivity index (χ0v) is 22.6. The number of hydrogen-bond donors (Lipinski definition) is 4. The monoisotopic (exact) mass is 585 g/mol. The molecule has 0 spiro atoms. The molecule has 1 saturated heterocycles. The van der Waals surface area contributed by atoms with Crippen molar-refractivity contribution in [3.8, 4) is 17.1 Å². The van der Waals surface area contributed by atoms with Crippen molar-refractivity contribution in [1.29, 1.82) is 0 Å². The Labute approximate surface area is 227 Å². The number of methoxy groups -OCH3 is 1. The highest BCUT2D eigenvalue weighted by Gasteiger charge is 2.22. The number of aromatic nitrogens is 3. The molecule has 3 heterocycles. The lowest BCUT2D eigenvalue weighted by molar-refractivity contribution is 0.0247. The smallest absolute Gasteiger partial charge is 0.261 e. The SMILES string of the molecule is COc1ccc([C@@H](O)CNc2cc[nH]c(=O)c2-c2nc3c(C)cc(N4CCO[C@@H](CF)C4)cc3[nH]2)cc1Br. The van der Waals surface area contributed by atoms with Crippen LogP contribution in [0.2, 0.25) is 0 Å². The van der Waals surface area contributed by atoms with Gasteiger partial charge in [0.15, 0.2) is 0 Å². The number of fused-ring (bicyclic) bond motifs is 1. The summed E-state index contributed by atoms with van der Waals surface area (Å²) in [5.41, 5.74) is 4.67. The van der Waals surface area contributed by atoms with Crippen molar-refractivity contribution >= 4 is 38.3 Å². The first-order valence-electron chi connectivity index (χ1n) is 12.3. The number of hydrogen-bond acceptors (Lipinski definition) is 7. The van der Waals surface area contributed by atoms with E-state index in [1.54, 1.807) is 37.6 Å². The molecular weight excluding hydrogens is 557 g/mol. The number of pyridine rings is 1. The number of imidazole rings is 1. The number of aromatic amines is 2. The maximum Gasteiger partial charge on any atom is 0.261 e. The predicted molar refractivity (Wildman–Crippen MR) is 149 cm³/mol. The second-order valence-electron chi connectivity index (χ2n) is 9.22. The molecule has 2 atom stereocenters. The Morgan fingerprint density at radius 1 is 1.34 bits per heavy atom. The first kappa shape index (κ1) is 26.2. The third kappa shape index (κ3) is 5.27. The highest BCUT2D eigenvalue weighted by Crippen LogP contribution is 2.31. The lowest BCUT2D eigenvalue weighted by Crippen LogP contribution is -2.43. The van der Waals surface area contributed by atoms with Crippen LogP contribution in [0.15, 0.2) is 51.9 Å². The van der Waals surface area contributed by atoms with Gasteiger partial charge in [0.05, 0.1) is 41.0 Å². The average Bonchev–Trinajstić information content (AvgIpc) is 3.36. The molecule has 0 bridgehead atoms. The highest BCUT2D eigenvalue weighted by atomic mass is 79.9. The van der Waals surface area contributed by atoms with Gasteiger partial charge < -0.3 is 34.8 Å². The van der Waals surface area contributed by atoms with Crippen molar-refractivity contribution in [2.24, 2.45) is 0 Å². The lowest BCUT2D eigenvalue weighted by atomic mass is 10.1. The van der Waals surface area contributed by atoms with E-state index < -0.39 is 18.9 Å². The molecule has 11 heteroatoms. The number of anilines is 2. The number of nitrogens with one attached hydrogen (secondary N) is 3. The molecule has 2 aromatic heterocycles. The number of aryl methyl sites for hydroxylation is 1. The summed E-state index contributed by atoms with van der Waals surface area (Å²) in [5.74, 6) is 1.08. The highest BCUT2D eigenvalue weighted by molar-refractivity contribution is 9.10. The number of benzene rings is 2. The van der Waals surface area contributed by atoms with Gasteiger partial charge >= 0.3 is 0 Å². The fraction of sp³-hybridized carbons (Fsp3) is 0.333. The quantitative estimate of drug-likeness (QED) is 0.243. The van der Waals surface area contributed by atoms with E-state index >= 15 is 0 Å². The van der Waals surface area contributed by atoms with Crippen LogP contribution in [0.3, 0.4) is 0 Å². The molecule has 1 aliphatic heterocycles. The number of H-pyrrole nitrogens is 2. The first-order chi connectivity index (χ1) is 18.4. The van der Waals surface area contributed by atoms with E-state index in [1.807, 2.05) is 19.1 Å². The molecule has 9 nitrogen and oxygen atoms in total. The molecule has 0 saturated carbocycles. The Hall–Kier alpha value is -3.41. The van der Waals surface area contributed by atoms with Gasteiger partial charge in [-0.25, -0.2) is 9.37 Å². The maximum absolute atomic E-state index is 13.2. The summed E-state index contributed by atoms with van der Waals surface area (Å²) in [6, 6.07) is 11.1. The van der Waals surface area contributed by atoms with E-state index in [0.29, 0.717) is 48.1 Å². The largest absolute Gasteiger partial charge is 0.496 e. The van der Waals surface area contributed by atoms with E-state index in [1.165, 1.54) is 0 Å². The molecule has 1 aliphatic rings. The van der Waals surface area contributed by atoms with Gasteiger partial charge in [-0.05, 0) is 64.3 Å². The van der Waals surface area contributed by atoms with Crippen LogP contribution >= 0.6 is 15.9 Å². The number of morpholine rings is 1. The molecule has 1 fully saturated rings. The van der Waals surface area contributed by atoms with Crippen molar-refractivity contribution in [3.05, 3.63) is 68.5 Å². The molecule has 0 unspecified atom stereocenters.